The number of nitrogens with one attached hydrogen (secondary N) is 1. The molecular formula is C13H11NS. The summed E-state index contributed by atoms with van der Waals surface area (Å²) in [4.78, 5) is 4.60. The average Bonchev–Trinajstić information content (AvgIpc) is 2.82. The van der Waals surface area contributed by atoms with Crippen LogP contribution in [-0.4, -0.2) is 4.98 Å². The third kappa shape index (κ3) is 1.47. The van der Waals surface area contributed by atoms with Gasteiger partial charge in [0.1, 0.15) is 0 Å². The maximum atomic E-state index is 3.29. The number of aromatic nitrogens is 1. The van der Waals surface area contributed by atoms with Crippen LogP contribution < -0.4 is 0 Å². The molecule has 2 aromatic heterocycles. The molecule has 0 saturated heterocycles. The molecule has 0 spiro atoms. The molecule has 0 atom stereocenters. The third-order valence-electron chi connectivity index (χ3n) is 2.52. The van der Waals surface area contributed by atoms with Gasteiger partial charge in [-0.2, -0.15) is 0 Å². The molecule has 0 radical (unpaired) electrons. The van der Waals surface area contributed by atoms with Crippen LogP contribution in [0.5, 0.6) is 0 Å². The maximum Gasteiger partial charge on any atom is 0.0558 e. The normalized spacial score (nSPS) is 11.0. The summed E-state index contributed by atoms with van der Waals surface area (Å²) >= 11 is 1.83. The van der Waals surface area contributed by atoms with Crippen LogP contribution in [0.1, 0.15) is 5.56 Å². The molecule has 0 fully saturated rings. The first-order valence-corrected chi connectivity index (χ1v) is 5.78. The van der Waals surface area contributed by atoms with Gasteiger partial charge in [0, 0.05) is 10.9 Å². The van der Waals surface area contributed by atoms with Gasteiger partial charge in [-0.05, 0) is 36.1 Å². The molecule has 0 aliphatic rings. The lowest BCUT2D eigenvalue weighted by Gasteiger charge is -1.87. The Morgan fingerprint density at radius 3 is 2.73 bits per heavy atom. The van der Waals surface area contributed by atoms with E-state index in [9.17, 15) is 0 Å². The van der Waals surface area contributed by atoms with Crippen LogP contribution in [0, 0.1) is 6.92 Å². The number of thiophene rings is 1. The predicted octanol–water partition coefficient (Wildman–Crippen LogP) is 4.20. The first-order chi connectivity index (χ1) is 7.33. The van der Waals surface area contributed by atoms with Gasteiger partial charge in [0.15, 0.2) is 0 Å². The van der Waals surface area contributed by atoms with E-state index in [-0.39, 0.29) is 0 Å². The van der Waals surface area contributed by atoms with Crippen LogP contribution in [0.2, 0.25) is 0 Å². The van der Waals surface area contributed by atoms with Gasteiger partial charge in [-0.3, -0.25) is 0 Å². The summed E-state index contributed by atoms with van der Waals surface area (Å²) in [5.74, 6) is 0. The van der Waals surface area contributed by atoms with Crippen LogP contribution >= 0.6 is 11.3 Å². The largest absolute Gasteiger partial charge is 0.360 e. The Hall–Kier alpha value is -1.54. The highest BCUT2D eigenvalue weighted by Crippen LogP contribution is 2.32. The standard InChI is InChI=1S/C13H11NS/c1-9-6-11(14-8-9)13-7-10-4-2-3-5-12(10)15-13/h2-8,14H,1H3. The highest BCUT2D eigenvalue weighted by molar-refractivity contribution is 7.22. The summed E-state index contributed by atoms with van der Waals surface area (Å²) in [6.45, 7) is 2.10. The Balaban J connectivity index is 2.19. The van der Waals surface area contributed by atoms with E-state index in [0.29, 0.717) is 0 Å². The minimum atomic E-state index is 1.22. The molecule has 0 bridgehead atoms. The first-order valence-electron chi connectivity index (χ1n) is 4.97. The van der Waals surface area contributed by atoms with Gasteiger partial charge in [0.05, 0.1) is 10.6 Å². The summed E-state index contributed by atoms with van der Waals surface area (Å²) in [6, 6.07) is 12.9. The van der Waals surface area contributed by atoms with Gasteiger partial charge < -0.3 is 4.98 Å². The number of hydrogen-bond donors (Lipinski definition) is 1. The fourth-order valence-electron chi connectivity index (χ4n) is 1.76. The molecule has 3 rings (SSSR count). The van der Waals surface area contributed by atoms with Crippen LogP contribution in [-0.2, 0) is 0 Å². The Bertz CT molecular complexity index is 571. The molecule has 0 unspecified atom stereocenters. The molecule has 15 heavy (non-hydrogen) atoms. The van der Waals surface area contributed by atoms with Crippen molar-refractivity contribution >= 4 is 21.4 Å². The van der Waals surface area contributed by atoms with Crippen LogP contribution in [0.25, 0.3) is 20.7 Å². The monoisotopic (exact) mass is 213 g/mol. The second-order valence-corrected chi connectivity index (χ2v) is 4.82. The molecular weight excluding hydrogens is 202 g/mol. The van der Waals surface area contributed by atoms with E-state index in [0.717, 1.165) is 0 Å². The lowest BCUT2D eigenvalue weighted by molar-refractivity contribution is 1.39. The van der Waals surface area contributed by atoms with Crippen LogP contribution in [0.3, 0.4) is 0 Å². The van der Waals surface area contributed by atoms with Gasteiger partial charge in [-0.25, -0.2) is 0 Å². The number of fused-ring (bicyclic) bond motifs is 1. The van der Waals surface area contributed by atoms with Crippen LogP contribution in [0.15, 0.2) is 42.6 Å². The van der Waals surface area contributed by atoms with Crippen molar-refractivity contribution in [2.75, 3.05) is 0 Å². The molecule has 74 valence electrons. The van der Waals surface area contributed by atoms with E-state index in [1.165, 1.54) is 26.2 Å². The van der Waals surface area contributed by atoms with Crippen molar-refractivity contribution in [2.24, 2.45) is 0 Å². The van der Waals surface area contributed by atoms with Crippen molar-refractivity contribution in [3.05, 3.63) is 48.2 Å². The number of rotatable bonds is 1. The van der Waals surface area contributed by atoms with Gasteiger partial charge in [0.25, 0.3) is 0 Å². The van der Waals surface area contributed by atoms with Gasteiger partial charge in [0.2, 0.25) is 0 Å². The number of aromatic amines is 1. The van der Waals surface area contributed by atoms with E-state index in [1.807, 2.05) is 17.5 Å². The average molecular weight is 213 g/mol. The van der Waals surface area contributed by atoms with Gasteiger partial charge in [-0.15, -0.1) is 11.3 Å². The maximum absolute atomic E-state index is 3.29. The highest BCUT2D eigenvalue weighted by atomic mass is 32.1. The zero-order chi connectivity index (χ0) is 10.3. The topological polar surface area (TPSA) is 15.8 Å². The minimum Gasteiger partial charge on any atom is -0.360 e. The second-order valence-electron chi connectivity index (χ2n) is 3.74. The summed E-state index contributed by atoms with van der Waals surface area (Å²) < 4.78 is 1.35. The van der Waals surface area contributed by atoms with Crippen molar-refractivity contribution in [3.63, 3.8) is 0 Å². The number of benzene rings is 1. The third-order valence-corrected chi connectivity index (χ3v) is 3.67. The van der Waals surface area contributed by atoms with Crippen molar-refractivity contribution in [2.45, 2.75) is 6.92 Å². The van der Waals surface area contributed by atoms with Crippen molar-refractivity contribution in [1.29, 1.82) is 0 Å². The van der Waals surface area contributed by atoms with Crippen molar-refractivity contribution in [1.82, 2.24) is 4.98 Å². The molecule has 1 aromatic carbocycles. The molecule has 2 heteroatoms. The minimum absolute atomic E-state index is 1.22. The quantitative estimate of drug-likeness (QED) is 0.623. The van der Waals surface area contributed by atoms with E-state index in [2.05, 4.69) is 48.3 Å². The molecule has 0 aliphatic carbocycles. The fraction of sp³-hybridized carbons (Fsp3) is 0.0769. The Morgan fingerprint density at radius 1 is 1.13 bits per heavy atom. The number of H-pyrrole nitrogens is 1. The molecule has 0 saturated carbocycles. The molecule has 1 nitrogen and oxygen atoms in total. The van der Waals surface area contributed by atoms with Gasteiger partial charge in [-0.1, -0.05) is 18.2 Å². The van der Waals surface area contributed by atoms with Crippen molar-refractivity contribution < 1.29 is 0 Å². The Morgan fingerprint density at radius 2 is 2.00 bits per heavy atom. The predicted molar refractivity (Wildman–Crippen MR) is 66.3 cm³/mol. The van der Waals surface area contributed by atoms with Crippen molar-refractivity contribution in [3.8, 4) is 10.6 Å². The number of aryl methyl sites for hydroxylation is 1. The van der Waals surface area contributed by atoms with E-state index in [4.69, 9.17) is 0 Å². The van der Waals surface area contributed by atoms with E-state index >= 15 is 0 Å². The lowest BCUT2D eigenvalue weighted by Crippen LogP contribution is -1.66. The fourth-order valence-corrected chi connectivity index (χ4v) is 2.80. The molecule has 0 aliphatic heterocycles. The van der Waals surface area contributed by atoms with Gasteiger partial charge >= 0.3 is 0 Å². The summed E-state index contributed by atoms with van der Waals surface area (Å²) in [5.41, 5.74) is 2.50. The SMILES string of the molecule is Cc1c[nH]c(-c2cc3ccccc3s2)c1. The zero-order valence-corrected chi connectivity index (χ0v) is 9.27. The molecule has 3 aromatic rings. The molecule has 0 amide bonds. The van der Waals surface area contributed by atoms with Crippen LogP contribution in [0.4, 0.5) is 0 Å². The molecule has 1 N–H and O–H groups in total. The smallest absolute Gasteiger partial charge is 0.0558 e. The van der Waals surface area contributed by atoms with E-state index in [1.54, 1.807) is 0 Å². The summed E-state index contributed by atoms with van der Waals surface area (Å²) in [6.07, 6.45) is 2.04. The molecule has 2 heterocycles. The van der Waals surface area contributed by atoms with E-state index < -0.39 is 0 Å². The first kappa shape index (κ1) is 8.74. The highest BCUT2D eigenvalue weighted by Gasteiger charge is 2.04. The summed E-state index contributed by atoms with van der Waals surface area (Å²) in [7, 11) is 0. The Kier molecular flexibility index (Phi) is 1.89. The summed E-state index contributed by atoms with van der Waals surface area (Å²) in [5, 5.41) is 1.32. The Labute approximate surface area is 92.4 Å². The zero-order valence-electron chi connectivity index (χ0n) is 8.45. The number of hydrogen-bond acceptors (Lipinski definition) is 1. The lowest BCUT2D eigenvalue weighted by atomic mass is 10.2. The second kappa shape index (κ2) is 3.24.